The first kappa shape index (κ1) is 24.6. The number of carbonyl (C=O) groups is 2. The highest BCUT2D eigenvalue weighted by atomic mass is 19.1. The average Bonchev–Trinajstić information content (AvgIpc) is 2.77. The molecule has 8 heteroatoms. The molecule has 2 saturated heterocycles. The second-order valence-electron chi connectivity index (χ2n) is 9.34. The lowest BCUT2D eigenvalue weighted by Gasteiger charge is -2.34. The van der Waals surface area contributed by atoms with Crippen molar-refractivity contribution >= 4 is 11.8 Å². The van der Waals surface area contributed by atoms with E-state index in [1.54, 1.807) is 12.1 Å². The largest absolute Gasteiger partial charge is 0.374 e. The van der Waals surface area contributed by atoms with Crippen LogP contribution in [0.1, 0.15) is 32.3 Å². The van der Waals surface area contributed by atoms with Crippen molar-refractivity contribution in [2.75, 3.05) is 52.4 Å². The highest BCUT2D eigenvalue weighted by molar-refractivity contribution is 5.79. The summed E-state index contributed by atoms with van der Waals surface area (Å²) in [6.07, 6.45) is 1.51. The van der Waals surface area contributed by atoms with Gasteiger partial charge < -0.3 is 15.4 Å². The summed E-state index contributed by atoms with van der Waals surface area (Å²) in [7, 11) is 0. The van der Waals surface area contributed by atoms with Crippen LogP contribution in [0, 0.1) is 17.7 Å². The van der Waals surface area contributed by atoms with Gasteiger partial charge in [0.1, 0.15) is 5.82 Å². The summed E-state index contributed by atoms with van der Waals surface area (Å²) in [5.41, 5.74) is 0.878. The molecular formula is C24H37FN4O3. The average molecular weight is 449 g/mol. The van der Waals surface area contributed by atoms with Gasteiger partial charge in [0.25, 0.3) is 0 Å². The van der Waals surface area contributed by atoms with Crippen molar-refractivity contribution in [2.24, 2.45) is 11.8 Å². The van der Waals surface area contributed by atoms with Gasteiger partial charge in [-0.05, 0) is 49.5 Å². The molecule has 1 unspecified atom stereocenters. The van der Waals surface area contributed by atoms with E-state index in [1.807, 2.05) is 0 Å². The number of hydrogen-bond acceptors (Lipinski definition) is 5. The third-order valence-corrected chi connectivity index (χ3v) is 6.08. The number of amides is 2. The molecule has 2 fully saturated rings. The van der Waals surface area contributed by atoms with Crippen molar-refractivity contribution in [2.45, 2.75) is 39.3 Å². The molecule has 2 N–H and O–H groups in total. The number of rotatable bonds is 9. The first-order valence-electron chi connectivity index (χ1n) is 11.7. The molecule has 2 amide bonds. The maximum Gasteiger partial charge on any atom is 0.234 e. The van der Waals surface area contributed by atoms with Gasteiger partial charge in [-0.15, -0.1) is 0 Å². The number of morpholine rings is 1. The van der Waals surface area contributed by atoms with Crippen LogP contribution in [0.2, 0.25) is 0 Å². The summed E-state index contributed by atoms with van der Waals surface area (Å²) in [6.45, 7) is 10.8. The minimum Gasteiger partial charge on any atom is -0.374 e. The molecule has 32 heavy (non-hydrogen) atoms. The van der Waals surface area contributed by atoms with E-state index >= 15 is 0 Å². The number of halogens is 1. The van der Waals surface area contributed by atoms with Gasteiger partial charge in [0.15, 0.2) is 0 Å². The Kier molecular flexibility index (Phi) is 9.44. The highest BCUT2D eigenvalue weighted by Gasteiger charge is 2.26. The number of piperidine rings is 1. The molecule has 2 aliphatic heterocycles. The van der Waals surface area contributed by atoms with E-state index in [1.165, 1.54) is 12.1 Å². The molecule has 2 heterocycles. The number of benzene rings is 1. The van der Waals surface area contributed by atoms with Gasteiger partial charge in [0.05, 0.1) is 19.3 Å². The Morgan fingerprint density at radius 1 is 1.09 bits per heavy atom. The fourth-order valence-corrected chi connectivity index (χ4v) is 4.36. The predicted octanol–water partition coefficient (Wildman–Crippen LogP) is 1.63. The van der Waals surface area contributed by atoms with E-state index in [9.17, 15) is 14.0 Å². The van der Waals surface area contributed by atoms with Crippen LogP contribution in [-0.4, -0.2) is 80.1 Å². The van der Waals surface area contributed by atoms with E-state index in [2.05, 4.69) is 34.3 Å². The SMILES string of the molecule is CC(C)CN1CCOC(CNC(=O)CN2CCC(C(=O)NCc3ccc(F)cc3)CC2)C1. The summed E-state index contributed by atoms with van der Waals surface area (Å²) in [4.78, 5) is 29.3. The fraction of sp³-hybridized carbons (Fsp3) is 0.667. The van der Waals surface area contributed by atoms with Gasteiger partial charge in [0.2, 0.25) is 11.8 Å². The summed E-state index contributed by atoms with van der Waals surface area (Å²) in [6, 6.07) is 6.15. The third kappa shape index (κ3) is 8.15. The zero-order valence-electron chi connectivity index (χ0n) is 19.3. The van der Waals surface area contributed by atoms with E-state index in [-0.39, 0.29) is 29.7 Å². The second kappa shape index (κ2) is 12.3. The zero-order valence-corrected chi connectivity index (χ0v) is 19.3. The van der Waals surface area contributed by atoms with Crippen LogP contribution < -0.4 is 10.6 Å². The Balaban J connectivity index is 1.30. The monoisotopic (exact) mass is 448 g/mol. The van der Waals surface area contributed by atoms with Gasteiger partial charge in [-0.3, -0.25) is 19.4 Å². The molecule has 0 bridgehead atoms. The van der Waals surface area contributed by atoms with E-state index in [0.717, 1.165) is 51.1 Å². The molecule has 3 rings (SSSR count). The lowest BCUT2D eigenvalue weighted by Crippen LogP contribution is -2.50. The minimum absolute atomic E-state index is 0.00814. The standard InChI is InChI=1S/C24H37FN4O3/c1-18(2)15-29-11-12-32-22(16-29)14-26-23(30)17-28-9-7-20(8-10-28)24(31)27-13-19-3-5-21(25)6-4-19/h3-6,18,20,22H,7-17H2,1-2H3,(H,26,30)(H,27,31). The van der Waals surface area contributed by atoms with Crippen LogP contribution in [0.3, 0.4) is 0 Å². The molecule has 178 valence electrons. The number of nitrogens with one attached hydrogen (secondary N) is 2. The minimum atomic E-state index is -0.282. The Bertz CT molecular complexity index is 735. The number of nitrogens with zero attached hydrogens (tertiary/aromatic N) is 2. The van der Waals surface area contributed by atoms with Crippen molar-refractivity contribution in [1.29, 1.82) is 0 Å². The lowest BCUT2D eigenvalue weighted by atomic mass is 9.96. The Morgan fingerprint density at radius 3 is 2.50 bits per heavy atom. The summed E-state index contributed by atoms with van der Waals surface area (Å²) in [5.74, 6) is 0.331. The van der Waals surface area contributed by atoms with Crippen molar-refractivity contribution in [3.05, 3.63) is 35.6 Å². The molecule has 7 nitrogen and oxygen atoms in total. The summed E-state index contributed by atoms with van der Waals surface area (Å²) >= 11 is 0. The molecule has 0 saturated carbocycles. The van der Waals surface area contributed by atoms with Crippen molar-refractivity contribution in [3.63, 3.8) is 0 Å². The van der Waals surface area contributed by atoms with Crippen LogP contribution in [0.5, 0.6) is 0 Å². The molecule has 2 aliphatic rings. The fourth-order valence-electron chi connectivity index (χ4n) is 4.36. The van der Waals surface area contributed by atoms with Crippen molar-refractivity contribution in [3.8, 4) is 0 Å². The molecule has 0 aromatic heterocycles. The van der Waals surface area contributed by atoms with Gasteiger partial charge in [-0.1, -0.05) is 26.0 Å². The van der Waals surface area contributed by atoms with Gasteiger partial charge in [0, 0.05) is 38.6 Å². The van der Waals surface area contributed by atoms with Crippen molar-refractivity contribution < 1.29 is 18.7 Å². The van der Waals surface area contributed by atoms with E-state index in [4.69, 9.17) is 4.74 Å². The van der Waals surface area contributed by atoms with Crippen LogP contribution in [0.4, 0.5) is 4.39 Å². The molecule has 0 radical (unpaired) electrons. The smallest absolute Gasteiger partial charge is 0.234 e. The van der Waals surface area contributed by atoms with E-state index in [0.29, 0.717) is 32.2 Å². The Morgan fingerprint density at radius 2 is 1.81 bits per heavy atom. The zero-order chi connectivity index (χ0) is 22.9. The Hall–Kier alpha value is -2.03. The number of ether oxygens (including phenoxy) is 1. The second-order valence-corrected chi connectivity index (χ2v) is 9.34. The topological polar surface area (TPSA) is 73.9 Å². The molecular weight excluding hydrogens is 411 g/mol. The highest BCUT2D eigenvalue weighted by Crippen LogP contribution is 2.17. The lowest BCUT2D eigenvalue weighted by molar-refractivity contribution is -0.127. The van der Waals surface area contributed by atoms with E-state index < -0.39 is 0 Å². The number of carbonyl (C=O) groups excluding carboxylic acids is 2. The molecule has 0 spiro atoms. The number of likely N-dealkylation sites (tertiary alicyclic amines) is 1. The van der Waals surface area contributed by atoms with Gasteiger partial charge in [-0.2, -0.15) is 0 Å². The molecule has 1 atom stereocenters. The quantitative estimate of drug-likeness (QED) is 0.601. The van der Waals surface area contributed by atoms with Crippen molar-refractivity contribution in [1.82, 2.24) is 20.4 Å². The normalized spacial score (nSPS) is 20.9. The molecule has 0 aliphatic carbocycles. The number of hydrogen-bond donors (Lipinski definition) is 2. The van der Waals surface area contributed by atoms with Gasteiger partial charge in [-0.25, -0.2) is 4.39 Å². The van der Waals surface area contributed by atoms with Gasteiger partial charge >= 0.3 is 0 Å². The predicted molar refractivity (Wildman–Crippen MR) is 121 cm³/mol. The maximum absolute atomic E-state index is 13.0. The first-order valence-corrected chi connectivity index (χ1v) is 11.7. The third-order valence-electron chi connectivity index (χ3n) is 6.08. The van der Waals surface area contributed by atoms with Crippen LogP contribution in [0.15, 0.2) is 24.3 Å². The summed E-state index contributed by atoms with van der Waals surface area (Å²) in [5, 5.41) is 5.95. The van der Waals surface area contributed by atoms with Crippen LogP contribution >= 0.6 is 0 Å². The summed E-state index contributed by atoms with van der Waals surface area (Å²) < 4.78 is 18.8. The molecule has 1 aromatic rings. The first-order chi connectivity index (χ1) is 15.4. The van der Waals surface area contributed by atoms with Crippen LogP contribution in [0.25, 0.3) is 0 Å². The Labute approximate surface area is 190 Å². The maximum atomic E-state index is 13.0. The van der Waals surface area contributed by atoms with Crippen LogP contribution in [-0.2, 0) is 20.9 Å². The molecule has 1 aromatic carbocycles.